The first-order valence-electron chi connectivity index (χ1n) is 7.33. The van der Waals surface area contributed by atoms with E-state index in [0.29, 0.717) is 16.9 Å². The Kier molecular flexibility index (Phi) is 4.63. The lowest BCUT2D eigenvalue weighted by Crippen LogP contribution is -2.20. The van der Waals surface area contributed by atoms with Crippen molar-refractivity contribution in [3.8, 4) is 5.88 Å². The molecule has 2 aromatic rings. The van der Waals surface area contributed by atoms with E-state index in [1.165, 1.54) is 25.6 Å². The van der Waals surface area contributed by atoms with E-state index >= 15 is 0 Å². The summed E-state index contributed by atoms with van der Waals surface area (Å²) in [7, 11) is 0.729. The molecule has 2 heterocycles. The lowest BCUT2D eigenvalue weighted by Gasteiger charge is -2.13. The quantitative estimate of drug-likeness (QED) is 0.778. The first kappa shape index (κ1) is 18.2. The van der Waals surface area contributed by atoms with Crippen LogP contribution < -0.4 is 14.4 Å². The van der Waals surface area contributed by atoms with Gasteiger partial charge in [0, 0.05) is 12.7 Å². The number of ether oxygens (including phenoxy) is 2. The van der Waals surface area contributed by atoms with Gasteiger partial charge in [-0.2, -0.15) is 4.98 Å². The second-order valence-electron chi connectivity index (χ2n) is 5.40. The first-order valence-corrected chi connectivity index (χ1v) is 9.32. The number of anilines is 3. The number of nitrogens with one attached hydrogen (secondary N) is 1. The lowest BCUT2D eigenvalue weighted by atomic mass is 10.1. The molecule has 0 atom stereocenters. The zero-order chi connectivity index (χ0) is 19.1. The van der Waals surface area contributed by atoms with Crippen LogP contribution in [0.1, 0.15) is 16.1 Å². The minimum Gasteiger partial charge on any atom is -0.479 e. The van der Waals surface area contributed by atoms with Crippen molar-refractivity contribution in [1.29, 1.82) is 0 Å². The second-order valence-corrected chi connectivity index (χ2v) is 7.76. The van der Waals surface area contributed by atoms with Crippen LogP contribution in [0.4, 0.5) is 17.2 Å². The van der Waals surface area contributed by atoms with Crippen molar-refractivity contribution in [2.24, 2.45) is 0 Å². The summed E-state index contributed by atoms with van der Waals surface area (Å²) in [6.07, 6.45) is 0. The Morgan fingerprint density at radius 2 is 2.04 bits per heavy atom. The smallest absolute Gasteiger partial charge is 0.360 e. The van der Waals surface area contributed by atoms with E-state index in [9.17, 15) is 13.2 Å². The Morgan fingerprint density at radius 3 is 2.69 bits per heavy atom. The number of sulfonamides is 1. The van der Waals surface area contributed by atoms with Gasteiger partial charge >= 0.3 is 5.97 Å². The predicted octanol–water partition coefficient (Wildman–Crippen LogP) is 1.95. The van der Waals surface area contributed by atoms with Gasteiger partial charge in [0.25, 0.3) is 5.88 Å². The van der Waals surface area contributed by atoms with Gasteiger partial charge in [0.05, 0.1) is 25.7 Å². The van der Waals surface area contributed by atoms with Crippen LogP contribution in [0.25, 0.3) is 0 Å². The van der Waals surface area contributed by atoms with Crippen LogP contribution in [0, 0.1) is 0 Å². The SMILES string of the molecule is COC(=O)c1nc(Cl)c(OC)nc1Nc1ccc2c(c1)CS(=O)(=O)N2C. The van der Waals surface area contributed by atoms with Gasteiger partial charge in [-0.1, -0.05) is 11.6 Å². The number of esters is 1. The molecule has 1 aliphatic heterocycles. The van der Waals surface area contributed by atoms with E-state index in [0.717, 1.165) is 0 Å². The van der Waals surface area contributed by atoms with Gasteiger partial charge in [0.15, 0.2) is 16.7 Å². The molecule has 26 heavy (non-hydrogen) atoms. The van der Waals surface area contributed by atoms with Crippen molar-refractivity contribution < 1.29 is 22.7 Å². The highest BCUT2D eigenvalue weighted by atomic mass is 35.5. The number of aromatic nitrogens is 2. The monoisotopic (exact) mass is 398 g/mol. The summed E-state index contributed by atoms with van der Waals surface area (Å²) in [5, 5.41) is 2.85. The normalized spacial score (nSPS) is 14.7. The van der Waals surface area contributed by atoms with Crippen molar-refractivity contribution in [2.45, 2.75) is 5.75 Å². The van der Waals surface area contributed by atoms with E-state index in [1.807, 2.05) is 0 Å². The van der Waals surface area contributed by atoms with Crippen LogP contribution in [0.2, 0.25) is 5.15 Å². The summed E-state index contributed by atoms with van der Waals surface area (Å²) >= 11 is 5.92. The fraction of sp³-hybridized carbons (Fsp3) is 0.267. The van der Waals surface area contributed by atoms with Crippen molar-refractivity contribution in [1.82, 2.24) is 9.97 Å². The maximum atomic E-state index is 12.0. The van der Waals surface area contributed by atoms with Crippen LogP contribution in [0.15, 0.2) is 18.2 Å². The van der Waals surface area contributed by atoms with Gasteiger partial charge in [-0.05, 0) is 23.8 Å². The van der Waals surface area contributed by atoms with Crippen LogP contribution >= 0.6 is 11.6 Å². The Morgan fingerprint density at radius 1 is 1.31 bits per heavy atom. The number of benzene rings is 1. The predicted molar refractivity (Wildman–Crippen MR) is 95.7 cm³/mol. The molecule has 138 valence electrons. The van der Waals surface area contributed by atoms with Gasteiger partial charge in [0.1, 0.15) is 0 Å². The zero-order valence-corrected chi connectivity index (χ0v) is 15.7. The number of carbonyl (C=O) groups is 1. The lowest BCUT2D eigenvalue weighted by molar-refractivity contribution is 0.0594. The summed E-state index contributed by atoms with van der Waals surface area (Å²) in [6.45, 7) is 0. The van der Waals surface area contributed by atoms with E-state index < -0.39 is 16.0 Å². The minimum absolute atomic E-state index is 0.0327. The number of halogens is 1. The van der Waals surface area contributed by atoms with Crippen molar-refractivity contribution >= 4 is 44.8 Å². The van der Waals surface area contributed by atoms with Crippen LogP contribution in [0.5, 0.6) is 5.88 Å². The number of rotatable bonds is 4. The third kappa shape index (κ3) is 3.13. The molecule has 1 aromatic heterocycles. The van der Waals surface area contributed by atoms with Gasteiger partial charge in [0.2, 0.25) is 10.0 Å². The molecular weight excluding hydrogens is 384 g/mol. The Hall–Kier alpha value is -2.59. The number of fused-ring (bicyclic) bond motifs is 1. The van der Waals surface area contributed by atoms with E-state index in [1.54, 1.807) is 18.2 Å². The third-order valence-corrected chi connectivity index (χ3v) is 5.79. The number of nitrogens with zero attached hydrogens (tertiary/aromatic N) is 3. The number of hydrogen-bond acceptors (Lipinski definition) is 8. The molecule has 3 rings (SSSR count). The molecule has 1 N–H and O–H groups in total. The second kappa shape index (κ2) is 6.61. The van der Waals surface area contributed by atoms with Crippen LogP contribution in [-0.4, -0.2) is 45.6 Å². The molecule has 1 aromatic carbocycles. The highest BCUT2D eigenvalue weighted by Gasteiger charge is 2.30. The average molecular weight is 399 g/mol. The molecule has 0 amide bonds. The molecule has 1 aliphatic rings. The van der Waals surface area contributed by atoms with Gasteiger partial charge < -0.3 is 14.8 Å². The van der Waals surface area contributed by atoms with E-state index in [2.05, 4.69) is 15.3 Å². The topological polar surface area (TPSA) is 111 Å². The molecule has 0 unspecified atom stereocenters. The van der Waals surface area contributed by atoms with E-state index in [4.69, 9.17) is 21.1 Å². The van der Waals surface area contributed by atoms with Crippen LogP contribution in [-0.2, 0) is 20.5 Å². The van der Waals surface area contributed by atoms with Crippen molar-refractivity contribution in [3.05, 3.63) is 34.6 Å². The number of hydrogen-bond donors (Lipinski definition) is 1. The molecule has 0 bridgehead atoms. The molecule has 0 aliphatic carbocycles. The fourth-order valence-corrected chi connectivity index (χ4v) is 4.02. The number of carbonyl (C=O) groups excluding carboxylic acids is 1. The summed E-state index contributed by atoms with van der Waals surface area (Å²) in [5.41, 5.74) is 1.64. The fourth-order valence-electron chi connectivity index (χ4n) is 2.52. The summed E-state index contributed by atoms with van der Waals surface area (Å²) < 4.78 is 34.9. The Bertz CT molecular complexity index is 996. The number of methoxy groups -OCH3 is 2. The zero-order valence-electron chi connectivity index (χ0n) is 14.1. The maximum absolute atomic E-state index is 12.0. The van der Waals surface area contributed by atoms with Gasteiger partial charge in [-0.3, -0.25) is 4.31 Å². The molecule has 0 saturated heterocycles. The molecule has 0 fully saturated rings. The van der Waals surface area contributed by atoms with Gasteiger partial charge in [-0.15, -0.1) is 0 Å². The van der Waals surface area contributed by atoms with Gasteiger partial charge in [-0.25, -0.2) is 18.2 Å². The molecule has 0 radical (unpaired) electrons. The standard InChI is InChI=1S/C15H15ClN4O5S/c1-20-10-5-4-9(6-8(10)7-26(20,22)23)17-13-11(15(21)25-3)18-12(16)14(19-13)24-2/h4-6H,7H2,1-3H3,(H,17,19). The summed E-state index contributed by atoms with van der Waals surface area (Å²) in [6, 6.07) is 5.00. The molecule has 0 spiro atoms. The van der Waals surface area contributed by atoms with Crippen molar-refractivity contribution in [3.63, 3.8) is 0 Å². The molecule has 9 nitrogen and oxygen atoms in total. The maximum Gasteiger partial charge on any atom is 0.360 e. The molecular formula is C15H15ClN4O5S. The average Bonchev–Trinajstić information content (AvgIpc) is 2.84. The molecule has 0 saturated carbocycles. The highest BCUT2D eigenvalue weighted by Crippen LogP contribution is 2.35. The molecule has 11 heteroatoms. The van der Waals surface area contributed by atoms with Crippen molar-refractivity contribution in [2.75, 3.05) is 30.9 Å². The first-order chi connectivity index (χ1) is 12.3. The highest BCUT2D eigenvalue weighted by molar-refractivity contribution is 7.92. The van der Waals surface area contributed by atoms with Crippen LogP contribution in [0.3, 0.4) is 0 Å². The minimum atomic E-state index is -3.35. The van der Waals surface area contributed by atoms with E-state index in [-0.39, 0.29) is 28.3 Å². The Labute approximate surface area is 155 Å². The largest absolute Gasteiger partial charge is 0.479 e. The Balaban J connectivity index is 2.01. The summed E-state index contributed by atoms with van der Waals surface area (Å²) in [4.78, 5) is 20.0. The third-order valence-electron chi connectivity index (χ3n) is 3.83. The summed E-state index contributed by atoms with van der Waals surface area (Å²) in [5.74, 6) is -0.723.